The number of nitriles is 1. The molecule has 2 aromatic carbocycles. The fourth-order valence-corrected chi connectivity index (χ4v) is 2.13. The molecule has 4 nitrogen and oxygen atoms in total. The van der Waals surface area contributed by atoms with Crippen LogP contribution in [-0.2, 0) is 4.79 Å². The maximum absolute atomic E-state index is 12.6. The molecule has 0 saturated carbocycles. The highest BCUT2D eigenvalue weighted by Crippen LogP contribution is 2.24. The zero-order chi connectivity index (χ0) is 17.6. The van der Waals surface area contributed by atoms with Crippen molar-refractivity contribution in [2.75, 3.05) is 0 Å². The zero-order valence-electron chi connectivity index (χ0n) is 13.8. The summed E-state index contributed by atoms with van der Waals surface area (Å²) in [7, 11) is 0. The van der Waals surface area contributed by atoms with Gasteiger partial charge in [0.25, 0.3) is 0 Å². The quantitative estimate of drug-likeness (QED) is 0.455. The molecular weight excluding hydrogens is 302 g/mol. The predicted molar refractivity (Wildman–Crippen MR) is 90.6 cm³/mol. The second-order valence-electron chi connectivity index (χ2n) is 6.16. The van der Waals surface area contributed by atoms with Gasteiger partial charge in [0.05, 0.1) is 17.0 Å². The summed E-state index contributed by atoms with van der Waals surface area (Å²) < 4.78 is 5.36. The Labute approximate surface area is 141 Å². The molecule has 0 heterocycles. The van der Waals surface area contributed by atoms with Crippen LogP contribution in [0.4, 0.5) is 0 Å². The number of hydrogen-bond donors (Lipinski definition) is 0. The molecule has 122 valence electrons. The summed E-state index contributed by atoms with van der Waals surface area (Å²) in [5.74, 6) is -0.408. The van der Waals surface area contributed by atoms with Gasteiger partial charge in [-0.25, -0.2) is 0 Å². The largest absolute Gasteiger partial charge is 0.426 e. The van der Waals surface area contributed by atoms with Gasteiger partial charge < -0.3 is 4.74 Å². The second kappa shape index (κ2) is 7.56. The van der Waals surface area contributed by atoms with Gasteiger partial charge in [0.2, 0.25) is 0 Å². The lowest BCUT2D eigenvalue weighted by molar-refractivity contribution is -0.134. The molecule has 0 amide bonds. The molecule has 4 heteroatoms. The first-order valence-corrected chi connectivity index (χ1v) is 7.74. The molecule has 0 aromatic heterocycles. The Kier molecular flexibility index (Phi) is 5.49. The lowest BCUT2D eigenvalue weighted by atomic mass is 9.90. The van der Waals surface area contributed by atoms with Gasteiger partial charge in [-0.15, -0.1) is 0 Å². The van der Waals surface area contributed by atoms with Crippen LogP contribution in [0.1, 0.15) is 42.6 Å². The summed E-state index contributed by atoms with van der Waals surface area (Å²) >= 11 is 0. The zero-order valence-corrected chi connectivity index (χ0v) is 13.8. The molecule has 0 unspecified atom stereocenters. The number of para-hydroxylation sites is 1. The van der Waals surface area contributed by atoms with E-state index in [1.165, 1.54) is 0 Å². The predicted octanol–water partition coefficient (Wildman–Crippen LogP) is 4.15. The first-order valence-electron chi connectivity index (χ1n) is 7.74. The Morgan fingerprint density at radius 2 is 1.67 bits per heavy atom. The lowest BCUT2D eigenvalue weighted by Gasteiger charge is -2.14. The van der Waals surface area contributed by atoms with Gasteiger partial charge >= 0.3 is 5.97 Å². The molecule has 0 atom stereocenters. The molecule has 0 radical (unpaired) electrons. The first-order chi connectivity index (χ1) is 11.4. The number of ether oxygens (including phenoxy) is 1. The molecule has 0 N–H and O–H groups in total. The number of rotatable bonds is 6. The van der Waals surface area contributed by atoms with E-state index >= 15 is 0 Å². The lowest BCUT2D eigenvalue weighted by Crippen LogP contribution is -2.16. The van der Waals surface area contributed by atoms with Crippen LogP contribution < -0.4 is 4.74 Å². The van der Waals surface area contributed by atoms with Crippen LogP contribution in [0.2, 0.25) is 0 Å². The molecule has 0 bridgehead atoms. The van der Waals surface area contributed by atoms with Crippen LogP contribution in [0.15, 0.2) is 54.6 Å². The number of nitrogens with zero attached hydrogens (tertiary/aromatic N) is 1. The van der Waals surface area contributed by atoms with E-state index in [0.29, 0.717) is 17.5 Å². The molecule has 24 heavy (non-hydrogen) atoms. The van der Waals surface area contributed by atoms with Crippen LogP contribution in [0.5, 0.6) is 5.75 Å². The van der Waals surface area contributed by atoms with E-state index in [1.807, 2.05) is 6.07 Å². The molecule has 0 aliphatic rings. The number of carbonyl (C=O) groups excluding carboxylic acids is 2. The van der Waals surface area contributed by atoms with E-state index in [0.717, 1.165) is 0 Å². The summed E-state index contributed by atoms with van der Waals surface area (Å²) in [4.78, 5) is 24.6. The Morgan fingerprint density at radius 1 is 1.04 bits per heavy atom. The van der Waals surface area contributed by atoms with Gasteiger partial charge in [0.15, 0.2) is 5.78 Å². The van der Waals surface area contributed by atoms with Gasteiger partial charge in [-0.1, -0.05) is 42.5 Å². The molecule has 0 aliphatic heterocycles. The van der Waals surface area contributed by atoms with Crippen molar-refractivity contribution in [3.05, 3.63) is 65.7 Å². The monoisotopic (exact) mass is 321 g/mol. The fraction of sp³-hybridized carbons (Fsp3) is 0.250. The Bertz CT molecular complexity index is 773. The van der Waals surface area contributed by atoms with Crippen LogP contribution in [0.3, 0.4) is 0 Å². The third-order valence-corrected chi connectivity index (χ3v) is 3.65. The van der Waals surface area contributed by atoms with Crippen LogP contribution in [0, 0.1) is 16.7 Å². The smallest absolute Gasteiger partial charge is 0.311 e. The molecule has 0 spiro atoms. The van der Waals surface area contributed by atoms with Crippen LogP contribution in [0.25, 0.3) is 0 Å². The van der Waals surface area contributed by atoms with Gasteiger partial charge in [0.1, 0.15) is 5.75 Å². The van der Waals surface area contributed by atoms with Crippen LogP contribution in [-0.4, -0.2) is 11.8 Å². The van der Waals surface area contributed by atoms with Crippen LogP contribution >= 0.6 is 0 Å². The minimum atomic E-state index is -0.585. The highest BCUT2D eigenvalue weighted by molar-refractivity contribution is 6.10. The van der Waals surface area contributed by atoms with Crippen molar-refractivity contribution in [2.45, 2.75) is 26.7 Å². The summed E-state index contributed by atoms with van der Waals surface area (Å²) in [6.07, 6.45) is 0.519. The Morgan fingerprint density at radius 3 is 2.33 bits per heavy atom. The SMILES string of the molecule is CC(C)(C#N)CCC(=O)Oc1ccccc1C(=O)c1ccccc1. The molecule has 0 saturated heterocycles. The van der Waals surface area contributed by atoms with Gasteiger partial charge in [-0.3, -0.25) is 9.59 Å². The van der Waals surface area contributed by atoms with Crippen molar-refractivity contribution in [1.82, 2.24) is 0 Å². The maximum Gasteiger partial charge on any atom is 0.311 e. The summed E-state index contributed by atoms with van der Waals surface area (Å²) in [6, 6.07) is 17.7. The van der Waals surface area contributed by atoms with E-state index in [2.05, 4.69) is 6.07 Å². The molecule has 0 aliphatic carbocycles. The maximum atomic E-state index is 12.6. The Hall–Kier alpha value is -2.93. The minimum absolute atomic E-state index is 0.119. The number of carbonyl (C=O) groups is 2. The number of benzene rings is 2. The third-order valence-electron chi connectivity index (χ3n) is 3.65. The summed E-state index contributed by atoms with van der Waals surface area (Å²) in [5.41, 5.74) is 0.293. The number of hydrogen-bond acceptors (Lipinski definition) is 4. The normalized spacial score (nSPS) is 10.7. The van der Waals surface area contributed by atoms with Gasteiger partial charge in [-0.2, -0.15) is 5.26 Å². The van der Waals surface area contributed by atoms with Crippen molar-refractivity contribution in [2.24, 2.45) is 5.41 Å². The molecule has 0 fully saturated rings. The topological polar surface area (TPSA) is 67.2 Å². The van der Waals surface area contributed by atoms with E-state index in [4.69, 9.17) is 10.00 Å². The first kappa shape index (κ1) is 17.4. The van der Waals surface area contributed by atoms with Gasteiger partial charge in [-0.05, 0) is 32.4 Å². The average Bonchev–Trinajstić information content (AvgIpc) is 2.61. The second-order valence-corrected chi connectivity index (χ2v) is 6.16. The van der Waals surface area contributed by atoms with Crippen molar-refractivity contribution in [1.29, 1.82) is 5.26 Å². The number of esters is 1. The third kappa shape index (κ3) is 4.53. The van der Waals surface area contributed by atoms with Crippen molar-refractivity contribution >= 4 is 11.8 Å². The standard InChI is InChI=1S/C20H19NO3/c1-20(2,14-21)13-12-18(22)24-17-11-7-6-10-16(17)19(23)15-8-4-3-5-9-15/h3-11H,12-13H2,1-2H3. The van der Waals surface area contributed by atoms with E-state index < -0.39 is 11.4 Å². The molecular formula is C20H19NO3. The number of ketones is 1. The minimum Gasteiger partial charge on any atom is -0.426 e. The van der Waals surface area contributed by atoms with E-state index in [-0.39, 0.29) is 18.0 Å². The van der Waals surface area contributed by atoms with Crippen molar-refractivity contribution < 1.29 is 14.3 Å². The summed E-state index contributed by atoms with van der Waals surface area (Å²) in [5, 5.41) is 8.99. The van der Waals surface area contributed by atoms with E-state index in [9.17, 15) is 9.59 Å². The van der Waals surface area contributed by atoms with Crippen molar-refractivity contribution in [3.8, 4) is 11.8 Å². The van der Waals surface area contributed by atoms with E-state index in [1.54, 1.807) is 62.4 Å². The fourth-order valence-electron chi connectivity index (χ4n) is 2.13. The molecule has 2 rings (SSSR count). The van der Waals surface area contributed by atoms with Gasteiger partial charge in [0, 0.05) is 12.0 Å². The Balaban J connectivity index is 2.14. The highest BCUT2D eigenvalue weighted by Gasteiger charge is 2.21. The average molecular weight is 321 g/mol. The molecule has 2 aromatic rings. The summed E-state index contributed by atoms with van der Waals surface area (Å²) in [6.45, 7) is 3.54. The van der Waals surface area contributed by atoms with Crippen molar-refractivity contribution in [3.63, 3.8) is 0 Å². The highest BCUT2D eigenvalue weighted by atomic mass is 16.5.